The van der Waals surface area contributed by atoms with Crippen LogP contribution in [-0.4, -0.2) is 16.5 Å². The summed E-state index contributed by atoms with van der Waals surface area (Å²) in [4.78, 5) is 8.56. The smallest absolute Gasteiger partial charge is 0.224 e. The molecule has 3 aromatic rings. The molecule has 0 unspecified atom stereocenters. The molecule has 106 valence electrons. The minimum Gasteiger partial charge on any atom is -0.365 e. The van der Waals surface area contributed by atoms with Crippen molar-refractivity contribution in [3.63, 3.8) is 0 Å². The maximum atomic E-state index is 5.99. The average Bonchev–Trinajstić information content (AvgIpc) is 2.86. The highest BCUT2D eigenvalue weighted by atomic mass is 35.5. The molecular weight excluding hydrogens is 302 g/mol. The first-order chi connectivity index (χ1) is 10.2. The van der Waals surface area contributed by atoms with Crippen molar-refractivity contribution in [2.75, 3.05) is 11.9 Å². The van der Waals surface area contributed by atoms with Crippen LogP contribution in [0.2, 0.25) is 5.28 Å². The van der Waals surface area contributed by atoms with E-state index in [9.17, 15) is 0 Å². The van der Waals surface area contributed by atoms with Gasteiger partial charge in [0.15, 0.2) is 0 Å². The number of aromatic nitrogens is 2. The van der Waals surface area contributed by atoms with Gasteiger partial charge in [0.05, 0.1) is 10.2 Å². The van der Waals surface area contributed by atoms with Gasteiger partial charge < -0.3 is 5.32 Å². The number of fused-ring (bicyclic) bond motifs is 1. The highest BCUT2D eigenvalue weighted by Gasteiger charge is 2.09. The third-order valence-electron chi connectivity index (χ3n) is 3.06. The maximum absolute atomic E-state index is 5.99. The van der Waals surface area contributed by atoms with Crippen LogP contribution in [0.1, 0.15) is 11.1 Å². The zero-order valence-corrected chi connectivity index (χ0v) is 13.1. The lowest BCUT2D eigenvalue weighted by Gasteiger charge is -2.04. The maximum Gasteiger partial charge on any atom is 0.224 e. The van der Waals surface area contributed by atoms with Crippen molar-refractivity contribution in [2.45, 2.75) is 6.92 Å². The molecule has 5 heteroatoms. The Labute approximate surface area is 132 Å². The Bertz CT molecular complexity index is 781. The quantitative estimate of drug-likeness (QED) is 0.704. The summed E-state index contributed by atoms with van der Waals surface area (Å²) in [6, 6.07) is 10.2. The van der Waals surface area contributed by atoms with Crippen LogP contribution in [0.15, 0.2) is 41.8 Å². The fourth-order valence-electron chi connectivity index (χ4n) is 2.04. The summed E-state index contributed by atoms with van der Waals surface area (Å²) in [6.45, 7) is 2.72. The summed E-state index contributed by atoms with van der Waals surface area (Å²) in [6.07, 6.45) is 4.14. The first-order valence-corrected chi connectivity index (χ1v) is 7.86. The highest BCUT2D eigenvalue weighted by molar-refractivity contribution is 7.18. The molecule has 0 radical (unpaired) electrons. The monoisotopic (exact) mass is 315 g/mol. The molecule has 21 heavy (non-hydrogen) atoms. The van der Waals surface area contributed by atoms with Crippen LogP contribution >= 0.6 is 22.9 Å². The van der Waals surface area contributed by atoms with E-state index in [1.807, 2.05) is 25.1 Å². The molecule has 0 aliphatic carbocycles. The van der Waals surface area contributed by atoms with Crippen LogP contribution in [0.4, 0.5) is 5.82 Å². The Morgan fingerprint density at radius 3 is 2.86 bits per heavy atom. The van der Waals surface area contributed by atoms with Gasteiger partial charge in [-0.1, -0.05) is 42.5 Å². The molecule has 0 aliphatic heterocycles. The van der Waals surface area contributed by atoms with E-state index in [0.29, 0.717) is 6.54 Å². The zero-order valence-electron chi connectivity index (χ0n) is 11.5. The van der Waals surface area contributed by atoms with E-state index >= 15 is 0 Å². The molecule has 2 heterocycles. The number of nitrogens with zero attached hydrogens (tertiary/aromatic N) is 2. The predicted octanol–water partition coefficient (Wildman–Crippen LogP) is 4.78. The number of nitrogens with one attached hydrogen (secondary N) is 1. The molecule has 1 aromatic carbocycles. The summed E-state index contributed by atoms with van der Waals surface area (Å²) in [7, 11) is 0. The molecule has 0 amide bonds. The molecule has 3 rings (SSSR count). The largest absolute Gasteiger partial charge is 0.365 e. The summed E-state index contributed by atoms with van der Waals surface area (Å²) in [5.41, 5.74) is 3.23. The Morgan fingerprint density at radius 1 is 1.24 bits per heavy atom. The van der Waals surface area contributed by atoms with E-state index < -0.39 is 0 Å². The van der Waals surface area contributed by atoms with Gasteiger partial charge in [-0.25, -0.2) is 4.98 Å². The first-order valence-electron chi connectivity index (χ1n) is 6.61. The Hall–Kier alpha value is -1.91. The number of halogens is 1. The molecule has 0 bridgehead atoms. The van der Waals surface area contributed by atoms with Crippen LogP contribution in [0.25, 0.3) is 16.3 Å². The molecule has 1 N–H and O–H groups in total. The van der Waals surface area contributed by atoms with Crippen molar-refractivity contribution in [1.82, 2.24) is 9.97 Å². The summed E-state index contributed by atoms with van der Waals surface area (Å²) in [5, 5.41) is 5.65. The second kappa shape index (κ2) is 6.24. The molecule has 0 fully saturated rings. The van der Waals surface area contributed by atoms with Crippen LogP contribution in [0, 0.1) is 6.92 Å². The second-order valence-corrected chi connectivity index (χ2v) is 5.85. The van der Waals surface area contributed by atoms with Gasteiger partial charge in [-0.15, -0.1) is 11.3 Å². The van der Waals surface area contributed by atoms with Crippen LogP contribution in [0.3, 0.4) is 0 Å². The minimum atomic E-state index is 0.276. The molecule has 0 atom stereocenters. The topological polar surface area (TPSA) is 37.8 Å². The van der Waals surface area contributed by atoms with E-state index in [2.05, 4.69) is 44.9 Å². The lowest BCUT2D eigenvalue weighted by Crippen LogP contribution is -2.01. The average molecular weight is 316 g/mol. The number of rotatable bonds is 4. The van der Waals surface area contributed by atoms with E-state index in [1.165, 1.54) is 5.56 Å². The van der Waals surface area contributed by atoms with E-state index in [4.69, 9.17) is 11.6 Å². The lowest BCUT2D eigenvalue weighted by atomic mass is 10.2. The van der Waals surface area contributed by atoms with Crippen LogP contribution in [0.5, 0.6) is 0 Å². The SMILES string of the molecule is Cc1csc2c(NC/C=C/c3ccccc3)nc(Cl)nc12. The molecule has 0 saturated carbocycles. The first kappa shape index (κ1) is 14.0. The second-order valence-electron chi connectivity index (χ2n) is 4.63. The van der Waals surface area contributed by atoms with E-state index in [-0.39, 0.29) is 5.28 Å². The standard InChI is InChI=1S/C16H14ClN3S/c1-11-10-21-14-13(11)19-16(17)20-15(14)18-9-5-8-12-6-3-2-4-7-12/h2-8,10H,9H2,1H3,(H,18,19,20)/b8-5+. The van der Waals surface area contributed by atoms with Gasteiger partial charge in [0.25, 0.3) is 0 Å². The third-order valence-corrected chi connectivity index (χ3v) is 4.33. The number of aryl methyl sites for hydroxylation is 1. The summed E-state index contributed by atoms with van der Waals surface area (Å²) >= 11 is 7.62. The molecule has 2 aromatic heterocycles. The number of anilines is 1. The van der Waals surface area contributed by atoms with Gasteiger partial charge in [-0.2, -0.15) is 4.98 Å². The summed E-state index contributed by atoms with van der Waals surface area (Å²) in [5.74, 6) is 0.792. The molecule has 0 aliphatic rings. The van der Waals surface area contributed by atoms with Crippen molar-refractivity contribution in [3.05, 3.63) is 58.2 Å². The van der Waals surface area contributed by atoms with Crippen LogP contribution in [-0.2, 0) is 0 Å². The minimum absolute atomic E-state index is 0.276. The molecular formula is C16H14ClN3S. The third kappa shape index (κ3) is 3.23. The summed E-state index contributed by atoms with van der Waals surface area (Å²) < 4.78 is 1.05. The van der Waals surface area contributed by atoms with Gasteiger partial charge in [0, 0.05) is 6.54 Å². The van der Waals surface area contributed by atoms with Crippen LogP contribution < -0.4 is 5.32 Å². The van der Waals surface area contributed by atoms with Gasteiger partial charge in [0.2, 0.25) is 5.28 Å². The van der Waals surface area contributed by atoms with Gasteiger partial charge in [0.1, 0.15) is 5.82 Å². The van der Waals surface area contributed by atoms with Gasteiger partial charge >= 0.3 is 0 Å². The lowest BCUT2D eigenvalue weighted by molar-refractivity contribution is 1.19. The van der Waals surface area contributed by atoms with Gasteiger partial charge in [-0.3, -0.25) is 0 Å². The number of benzene rings is 1. The fraction of sp³-hybridized carbons (Fsp3) is 0.125. The number of hydrogen-bond acceptors (Lipinski definition) is 4. The van der Waals surface area contributed by atoms with Crippen molar-refractivity contribution in [2.24, 2.45) is 0 Å². The zero-order chi connectivity index (χ0) is 14.7. The Balaban J connectivity index is 1.75. The highest BCUT2D eigenvalue weighted by Crippen LogP contribution is 2.30. The van der Waals surface area contributed by atoms with Gasteiger partial charge in [-0.05, 0) is 35.0 Å². The molecule has 0 spiro atoms. The molecule has 3 nitrogen and oxygen atoms in total. The Kier molecular flexibility index (Phi) is 4.18. The van der Waals surface area contributed by atoms with Crippen molar-refractivity contribution in [3.8, 4) is 0 Å². The fourth-order valence-corrected chi connectivity index (χ4v) is 3.16. The number of hydrogen-bond donors (Lipinski definition) is 1. The van der Waals surface area contributed by atoms with E-state index in [0.717, 1.165) is 21.6 Å². The number of thiophene rings is 1. The Morgan fingerprint density at radius 2 is 2.05 bits per heavy atom. The predicted molar refractivity (Wildman–Crippen MR) is 91.1 cm³/mol. The normalized spacial score (nSPS) is 11.3. The van der Waals surface area contributed by atoms with E-state index in [1.54, 1.807) is 11.3 Å². The van der Waals surface area contributed by atoms with Crippen molar-refractivity contribution in [1.29, 1.82) is 0 Å². The molecule has 0 saturated heterocycles. The van der Waals surface area contributed by atoms with Crippen molar-refractivity contribution < 1.29 is 0 Å². The van der Waals surface area contributed by atoms with Crippen molar-refractivity contribution >= 4 is 45.0 Å².